The Balaban J connectivity index is 2.17. The van der Waals surface area contributed by atoms with Crippen molar-refractivity contribution in [3.63, 3.8) is 0 Å². The molecule has 0 spiro atoms. The van der Waals surface area contributed by atoms with E-state index in [0.29, 0.717) is 6.42 Å². The van der Waals surface area contributed by atoms with Crippen LogP contribution in [0.5, 0.6) is 0 Å². The van der Waals surface area contributed by atoms with Gasteiger partial charge in [-0.15, -0.1) is 0 Å². The van der Waals surface area contributed by atoms with Crippen molar-refractivity contribution in [2.24, 2.45) is 5.10 Å². The topological polar surface area (TPSA) is 97.7 Å². The van der Waals surface area contributed by atoms with Crippen LogP contribution in [0.15, 0.2) is 21.7 Å². The van der Waals surface area contributed by atoms with Gasteiger partial charge in [0.05, 0.1) is 12.3 Å². The first-order valence-corrected chi connectivity index (χ1v) is 7.19. The number of hydrazone groups is 1. The van der Waals surface area contributed by atoms with Gasteiger partial charge < -0.3 is 4.42 Å². The number of nitrogens with zero attached hydrogens (tertiary/aromatic N) is 2. The Morgan fingerprint density at radius 1 is 1.33 bits per heavy atom. The summed E-state index contributed by atoms with van der Waals surface area (Å²) < 4.78 is 4.86. The van der Waals surface area contributed by atoms with E-state index in [0.717, 1.165) is 19.3 Å². The minimum Gasteiger partial charge on any atom is -0.400 e. The van der Waals surface area contributed by atoms with Gasteiger partial charge >= 0.3 is 5.88 Å². The molecule has 0 saturated carbocycles. The fraction of sp³-hybridized carbons (Fsp3) is 0.571. The van der Waals surface area contributed by atoms with Crippen molar-refractivity contribution in [3.05, 3.63) is 28.0 Å². The molecule has 0 aliphatic carbocycles. The number of hydrogen-bond acceptors (Lipinski definition) is 5. The molecular formula is C14H21N3O4. The number of unbranched alkanes of at least 4 members (excludes halogenated alkanes) is 5. The van der Waals surface area contributed by atoms with Crippen LogP contribution < -0.4 is 5.43 Å². The normalized spacial score (nSPS) is 10.9. The second-order valence-electron chi connectivity index (χ2n) is 4.74. The molecule has 1 N–H and O–H groups in total. The van der Waals surface area contributed by atoms with Gasteiger partial charge in [-0.05, 0) is 12.5 Å². The summed E-state index contributed by atoms with van der Waals surface area (Å²) in [5.74, 6) is -0.292. The molecule has 1 heterocycles. The maximum atomic E-state index is 11.5. The van der Waals surface area contributed by atoms with Crippen LogP contribution in [0.2, 0.25) is 0 Å². The molecule has 0 radical (unpaired) electrons. The fourth-order valence-corrected chi connectivity index (χ4v) is 1.80. The van der Waals surface area contributed by atoms with Crippen molar-refractivity contribution < 1.29 is 14.1 Å². The predicted octanol–water partition coefficient (Wildman–Crippen LogP) is 3.39. The molecule has 21 heavy (non-hydrogen) atoms. The van der Waals surface area contributed by atoms with E-state index in [1.807, 2.05) is 0 Å². The van der Waals surface area contributed by atoms with Crippen molar-refractivity contribution in [1.82, 2.24) is 5.43 Å². The number of nitrogens with one attached hydrogen (secondary N) is 1. The van der Waals surface area contributed by atoms with Crippen LogP contribution in [0.4, 0.5) is 5.88 Å². The number of carbonyl (C=O) groups excluding carboxylic acids is 1. The smallest absolute Gasteiger partial charge is 0.400 e. The first-order valence-electron chi connectivity index (χ1n) is 7.19. The summed E-state index contributed by atoms with van der Waals surface area (Å²) in [6.07, 6.45) is 8.38. The Bertz CT molecular complexity index is 482. The molecule has 0 atom stereocenters. The first-order chi connectivity index (χ1) is 10.1. The zero-order valence-electron chi connectivity index (χ0n) is 12.2. The second-order valence-corrected chi connectivity index (χ2v) is 4.74. The lowest BCUT2D eigenvalue weighted by molar-refractivity contribution is -0.402. The lowest BCUT2D eigenvalue weighted by Crippen LogP contribution is -2.16. The van der Waals surface area contributed by atoms with E-state index in [4.69, 9.17) is 4.42 Å². The van der Waals surface area contributed by atoms with E-state index >= 15 is 0 Å². The Labute approximate surface area is 123 Å². The fourth-order valence-electron chi connectivity index (χ4n) is 1.80. The van der Waals surface area contributed by atoms with Crippen LogP contribution in [0.1, 0.15) is 57.6 Å². The molecule has 0 aromatic carbocycles. The maximum absolute atomic E-state index is 11.5. The van der Waals surface area contributed by atoms with E-state index in [1.54, 1.807) is 0 Å². The molecule has 1 aromatic rings. The summed E-state index contributed by atoms with van der Waals surface area (Å²) in [5.41, 5.74) is 2.37. The molecule has 0 bridgehead atoms. The van der Waals surface area contributed by atoms with Crippen molar-refractivity contribution in [1.29, 1.82) is 0 Å². The highest BCUT2D eigenvalue weighted by molar-refractivity contribution is 5.80. The summed E-state index contributed by atoms with van der Waals surface area (Å²) >= 11 is 0. The van der Waals surface area contributed by atoms with Gasteiger partial charge in [-0.3, -0.25) is 14.9 Å². The molecule has 0 aliphatic rings. The number of rotatable bonds is 10. The Kier molecular flexibility index (Phi) is 7.78. The van der Waals surface area contributed by atoms with Gasteiger partial charge in [0.1, 0.15) is 4.92 Å². The predicted molar refractivity (Wildman–Crippen MR) is 79.1 cm³/mol. The molecule has 0 aliphatic heterocycles. The van der Waals surface area contributed by atoms with E-state index in [2.05, 4.69) is 17.5 Å². The second kappa shape index (κ2) is 9.68. The molecule has 1 aromatic heterocycles. The van der Waals surface area contributed by atoms with Crippen molar-refractivity contribution in [3.8, 4) is 0 Å². The number of furan rings is 1. The monoisotopic (exact) mass is 295 g/mol. The molecular weight excluding hydrogens is 274 g/mol. The van der Waals surface area contributed by atoms with Gasteiger partial charge in [0.2, 0.25) is 5.91 Å². The maximum Gasteiger partial charge on any atom is 0.433 e. The molecule has 1 rings (SSSR count). The molecule has 0 saturated heterocycles. The molecule has 1 amide bonds. The summed E-state index contributed by atoms with van der Waals surface area (Å²) in [4.78, 5) is 21.2. The average Bonchev–Trinajstić information content (AvgIpc) is 2.92. The van der Waals surface area contributed by atoms with Gasteiger partial charge in [-0.2, -0.15) is 5.10 Å². The first kappa shape index (κ1) is 16.9. The lowest BCUT2D eigenvalue weighted by atomic mass is 10.1. The number of carbonyl (C=O) groups is 1. The molecule has 7 heteroatoms. The molecule has 116 valence electrons. The minimum absolute atomic E-state index is 0.164. The van der Waals surface area contributed by atoms with E-state index in [1.165, 1.54) is 37.6 Å². The van der Waals surface area contributed by atoms with E-state index < -0.39 is 4.92 Å². The van der Waals surface area contributed by atoms with Crippen LogP contribution in [-0.4, -0.2) is 17.0 Å². The highest BCUT2D eigenvalue weighted by Gasteiger charge is 2.10. The van der Waals surface area contributed by atoms with Crippen molar-refractivity contribution in [2.45, 2.75) is 51.9 Å². The lowest BCUT2D eigenvalue weighted by Gasteiger charge is -2.00. The van der Waals surface area contributed by atoms with E-state index in [9.17, 15) is 14.9 Å². The van der Waals surface area contributed by atoms with Gasteiger partial charge in [0.15, 0.2) is 5.76 Å². The third-order valence-corrected chi connectivity index (χ3v) is 2.93. The molecule has 0 unspecified atom stereocenters. The summed E-state index contributed by atoms with van der Waals surface area (Å²) in [5, 5.41) is 14.1. The average molecular weight is 295 g/mol. The van der Waals surface area contributed by atoms with Gasteiger partial charge in [-0.25, -0.2) is 5.43 Å². The highest BCUT2D eigenvalue weighted by Crippen LogP contribution is 2.13. The standard InChI is InChI=1S/C14H21N3O4/c1-2-3-4-5-6-7-8-13(18)16-15-11-12-9-10-14(21-12)17(19)20/h9-11H,2-8H2,1H3,(H,16,18). The Morgan fingerprint density at radius 3 is 2.71 bits per heavy atom. The zero-order chi connectivity index (χ0) is 15.5. The largest absolute Gasteiger partial charge is 0.433 e. The Hall–Kier alpha value is -2.18. The van der Waals surface area contributed by atoms with Crippen LogP contribution >= 0.6 is 0 Å². The number of amides is 1. The minimum atomic E-state index is -0.630. The van der Waals surface area contributed by atoms with Crippen LogP contribution in [0.3, 0.4) is 0 Å². The third kappa shape index (κ3) is 7.24. The summed E-state index contributed by atoms with van der Waals surface area (Å²) in [6, 6.07) is 2.65. The van der Waals surface area contributed by atoms with Gasteiger partial charge in [0.25, 0.3) is 0 Å². The van der Waals surface area contributed by atoms with Gasteiger partial charge in [-0.1, -0.05) is 39.0 Å². The highest BCUT2D eigenvalue weighted by atomic mass is 16.6. The SMILES string of the molecule is CCCCCCCCC(=O)NN=Cc1ccc([N+](=O)[O-])o1. The van der Waals surface area contributed by atoms with Crippen LogP contribution in [0, 0.1) is 10.1 Å². The molecule has 0 fully saturated rings. The molecule has 7 nitrogen and oxygen atoms in total. The van der Waals surface area contributed by atoms with Crippen LogP contribution in [0.25, 0.3) is 0 Å². The quantitative estimate of drug-likeness (QED) is 0.309. The van der Waals surface area contributed by atoms with Gasteiger partial charge in [0, 0.05) is 6.42 Å². The summed E-state index contributed by atoms with van der Waals surface area (Å²) in [6.45, 7) is 2.17. The van der Waals surface area contributed by atoms with Crippen molar-refractivity contribution in [2.75, 3.05) is 0 Å². The third-order valence-electron chi connectivity index (χ3n) is 2.93. The van der Waals surface area contributed by atoms with Crippen molar-refractivity contribution >= 4 is 18.0 Å². The number of hydrogen-bond donors (Lipinski definition) is 1. The summed E-state index contributed by atoms with van der Waals surface area (Å²) in [7, 11) is 0. The number of nitro groups is 1. The van der Waals surface area contributed by atoms with E-state index in [-0.39, 0.29) is 17.6 Å². The van der Waals surface area contributed by atoms with Crippen LogP contribution in [-0.2, 0) is 4.79 Å². The zero-order valence-corrected chi connectivity index (χ0v) is 12.2. The Morgan fingerprint density at radius 2 is 2.05 bits per heavy atom.